The van der Waals surface area contributed by atoms with E-state index < -0.39 is 84.8 Å². The summed E-state index contributed by atoms with van der Waals surface area (Å²) in [5.41, 5.74) is 13.6. The van der Waals surface area contributed by atoms with Gasteiger partial charge in [-0.3, -0.25) is 38.2 Å². The highest BCUT2D eigenvalue weighted by Crippen LogP contribution is 2.15. The van der Waals surface area contributed by atoms with Crippen molar-refractivity contribution >= 4 is 41.4 Å². The molecule has 3 heterocycles. The molecule has 0 spiro atoms. The van der Waals surface area contributed by atoms with Gasteiger partial charge in [0.05, 0.1) is 64.0 Å². The molecule has 1 aromatic heterocycles. The van der Waals surface area contributed by atoms with Crippen molar-refractivity contribution in [1.29, 1.82) is 0 Å². The quantitative estimate of drug-likeness (QED) is 0.0419. The number of hydrogen-bond donors (Lipinski definition) is 13. The lowest BCUT2D eigenvalue weighted by atomic mass is 10.00. The van der Waals surface area contributed by atoms with Crippen molar-refractivity contribution < 1.29 is 52.9 Å². The second-order valence-electron chi connectivity index (χ2n) is 18.9. The second kappa shape index (κ2) is 36.9. The van der Waals surface area contributed by atoms with Gasteiger partial charge in [0.15, 0.2) is 0 Å². The normalized spacial score (nSPS) is 22.0. The fraction of sp³-hybridized carbons (Fsp3) is 0.735. The molecule has 0 saturated carbocycles. The number of unbranched alkanes of at least 4 members (excludes halogenated alkanes) is 2. The lowest BCUT2D eigenvalue weighted by molar-refractivity contribution is -0.132. The molecule has 2 bridgehead atoms. The Morgan fingerprint density at radius 3 is 2.17 bits per heavy atom. The SMILES string of the molecule is C=C1NC(CCCCN)C(=O)NC(CO)C(=O)NCC(=O)N[C@H](C(=O)NCCCOCCOCCOCCCNC(=O)CCCC)CCCCn2cc(nn2)CC(N)C(=O)NC(C(C)C)C(=O)N[C@H]1CC1=CNCN1. The van der Waals surface area contributed by atoms with Gasteiger partial charge in [0.1, 0.15) is 24.2 Å². The molecule has 75 heavy (non-hydrogen) atoms. The molecule has 0 saturated heterocycles. The predicted octanol–water partition coefficient (Wildman–Crippen LogP) is -2.73. The van der Waals surface area contributed by atoms with Gasteiger partial charge in [-0.25, -0.2) is 0 Å². The van der Waals surface area contributed by atoms with Crippen LogP contribution in [0.5, 0.6) is 0 Å². The number of aromatic nitrogens is 3. The Balaban J connectivity index is 1.66. The van der Waals surface area contributed by atoms with Crippen LogP contribution in [-0.4, -0.2) is 177 Å². The van der Waals surface area contributed by atoms with Crippen molar-refractivity contribution in [2.75, 3.05) is 79.1 Å². The Hall–Kier alpha value is -5.93. The average Bonchev–Trinajstić information content (AvgIpc) is 4.08. The summed E-state index contributed by atoms with van der Waals surface area (Å²) in [6.07, 6.45) is 9.78. The first-order valence-electron chi connectivity index (χ1n) is 26.5. The molecular weight excluding hydrogens is 975 g/mol. The van der Waals surface area contributed by atoms with E-state index in [2.05, 4.69) is 70.1 Å². The van der Waals surface area contributed by atoms with Crippen LogP contribution in [-0.2, 0) is 60.7 Å². The molecule has 0 aromatic carbocycles. The number of aryl methyl sites for hydroxylation is 1. The largest absolute Gasteiger partial charge is 0.394 e. The molecular formula is C49H87N15O11. The van der Waals surface area contributed by atoms with Crippen molar-refractivity contribution in [3.8, 4) is 0 Å². The van der Waals surface area contributed by atoms with E-state index in [9.17, 15) is 38.7 Å². The number of carbonyl (C=O) groups excluding carboxylic acids is 7. The second-order valence-corrected chi connectivity index (χ2v) is 18.9. The smallest absolute Gasteiger partial charge is 0.245 e. The summed E-state index contributed by atoms with van der Waals surface area (Å²) in [6.45, 7) is 12.8. The minimum atomic E-state index is -1.46. The van der Waals surface area contributed by atoms with Crippen molar-refractivity contribution in [2.24, 2.45) is 17.4 Å². The molecule has 7 amide bonds. The highest BCUT2D eigenvalue weighted by Gasteiger charge is 2.32. The molecule has 0 fully saturated rings. The number of hydrogen-bond acceptors (Lipinski definition) is 18. The number of amides is 7. The number of aliphatic hydroxyl groups excluding tert-OH is 1. The number of nitrogens with two attached hydrogens (primary N) is 2. The Bertz CT molecular complexity index is 1950. The summed E-state index contributed by atoms with van der Waals surface area (Å²) in [4.78, 5) is 93.2. The summed E-state index contributed by atoms with van der Waals surface area (Å²) in [5, 5.41) is 47.2. The molecule has 26 heteroatoms. The van der Waals surface area contributed by atoms with E-state index in [1.807, 2.05) is 6.92 Å². The number of aliphatic hydroxyl groups is 1. The molecule has 26 nitrogen and oxygen atoms in total. The van der Waals surface area contributed by atoms with E-state index in [-0.39, 0.29) is 49.8 Å². The minimum absolute atomic E-state index is 0.0300. The van der Waals surface area contributed by atoms with Crippen LogP contribution in [0.1, 0.15) is 104 Å². The van der Waals surface area contributed by atoms with E-state index in [4.69, 9.17) is 25.7 Å². The van der Waals surface area contributed by atoms with Gasteiger partial charge in [0, 0.05) is 75.9 Å². The molecule has 2 aliphatic rings. The topological polar surface area (TPSA) is 370 Å². The fourth-order valence-corrected chi connectivity index (χ4v) is 7.78. The maximum atomic E-state index is 14.0. The fourth-order valence-electron chi connectivity index (χ4n) is 7.78. The molecule has 0 radical (unpaired) electrons. The van der Waals surface area contributed by atoms with Gasteiger partial charge in [-0.15, -0.1) is 5.10 Å². The molecule has 3 rings (SSSR count). The summed E-state index contributed by atoms with van der Waals surface area (Å²) < 4.78 is 18.3. The van der Waals surface area contributed by atoms with Gasteiger partial charge in [0.2, 0.25) is 41.4 Å². The zero-order chi connectivity index (χ0) is 54.8. The summed E-state index contributed by atoms with van der Waals surface area (Å²) in [6, 6.07) is -6.36. The summed E-state index contributed by atoms with van der Waals surface area (Å²) in [7, 11) is 0. The van der Waals surface area contributed by atoms with E-state index >= 15 is 0 Å². The summed E-state index contributed by atoms with van der Waals surface area (Å²) in [5.74, 6) is -4.05. The first-order valence-corrected chi connectivity index (χ1v) is 26.5. The molecule has 4 unspecified atom stereocenters. The molecule has 0 aliphatic carbocycles. The number of nitrogens with one attached hydrogen (secondary N) is 10. The third-order valence-electron chi connectivity index (χ3n) is 12.2. The van der Waals surface area contributed by atoms with Gasteiger partial charge < -0.3 is 84.0 Å². The molecule has 15 N–H and O–H groups in total. The van der Waals surface area contributed by atoms with Gasteiger partial charge >= 0.3 is 0 Å². The maximum absolute atomic E-state index is 14.0. The van der Waals surface area contributed by atoms with Crippen molar-refractivity contribution in [1.82, 2.24) is 68.2 Å². The van der Waals surface area contributed by atoms with Gasteiger partial charge in [-0.1, -0.05) is 39.0 Å². The monoisotopic (exact) mass is 1060 g/mol. The van der Waals surface area contributed by atoms with Crippen LogP contribution in [0, 0.1) is 5.92 Å². The molecule has 424 valence electrons. The number of fused-ring (bicyclic) bond motifs is 2. The van der Waals surface area contributed by atoms with E-state index in [0.717, 1.165) is 25.0 Å². The third kappa shape index (κ3) is 25.9. The Morgan fingerprint density at radius 1 is 0.827 bits per heavy atom. The van der Waals surface area contributed by atoms with E-state index in [1.165, 1.54) is 0 Å². The first kappa shape index (κ1) is 63.4. The van der Waals surface area contributed by atoms with E-state index in [0.29, 0.717) is 110 Å². The van der Waals surface area contributed by atoms with Crippen LogP contribution in [0.25, 0.3) is 0 Å². The Labute approximate surface area is 440 Å². The summed E-state index contributed by atoms with van der Waals surface area (Å²) >= 11 is 0. The van der Waals surface area contributed by atoms with Crippen molar-refractivity contribution in [2.45, 2.75) is 147 Å². The van der Waals surface area contributed by atoms with Gasteiger partial charge in [-0.05, 0) is 70.3 Å². The van der Waals surface area contributed by atoms with Gasteiger partial charge in [-0.2, -0.15) is 0 Å². The van der Waals surface area contributed by atoms with Crippen molar-refractivity contribution in [3.63, 3.8) is 0 Å². The van der Waals surface area contributed by atoms with Crippen LogP contribution in [0.15, 0.2) is 30.4 Å². The number of ether oxygens (including phenoxy) is 3. The highest BCUT2D eigenvalue weighted by atomic mass is 16.5. The van der Waals surface area contributed by atoms with Crippen LogP contribution < -0.4 is 64.6 Å². The lowest BCUT2D eigenvalue weighted by Gasteiger charge is -2.30. The molecule has 2 aliphatic heterocycles. The minimum Gasteiger partial charge on any atom is -0.394 e. The number of nitrogens with zero attached hydrogens (tertiary/aromatic N) is 3. The highest BCUT2D eigenvalue weighted by molar-refractivity contribution is 5.93. The van der Waals surface area contributed by atoms with E-state index in [1.54, 1.807) is 30.9 Å². The lowest BCUT2D eigenvalue weighted by Crippen LogP contribution is -2.58. The van der Waals surface area contributed by atoms with Gasteiger partial charge in [0.25, 0.3) is 0 Å². The molecule has 1 aromatic rings. The number of rotatable bonds is 26. The zero-order valence-corrected chi connectivity index (χ0v) is 44.3. The van der Waals surface area contributed by atoms with Crippen molar-refractivity contribution in [3.05, 3.63) is 36.1 Å². The third-order valence-corrected chi connectivity index (χ3v) is 12.2. The number of carbonyl (C=O) groups is 7. The molecule has 6 atom stereocenters. The maximum Gasteiger partial charge on any atom is 0.245 e. The van der Waals surface area contributed by atoms with Crippen LogP contribution in [0.3, 0.4) is 0 Å². The predicted molar refractivity (Wildman–Crippen MR) is 278 cm³/mol. The van der Waals surface area contributed by atoms with Crippen LogP contribution in [0.4, 0.5) is 0 Å². The zero-order valence-electron chi connectivity index (χ0n) is 44.3. The standard InChI is InChI=1S/C49H87N15O11/c1-5-6-15-42(66)53-17-11-20-73-22-24-75-25-23-74-21-12-18-54-46(69)38-14-8-10-19-64-30-36(62-63-64)26-37(51)45(68)61-44(33(2)3)49(72)59-40(27-35-28-52-32-56-35)34(4)57-39(13-7-9-16-50)48(71)60-41(31-65)47(70)55-29-43(67)58-38/h28,30,33,37-41,44,52,56-57,65H,4-27,29,31-32,50-51H2,1-3H3,(H,53,66)(H,54,69)(H,55,70)(H,58,67)(H,59,72)(H,60,71)(H,61,68)/t37?,38-,39?,40-,41?,44?/m0/s1. The first-order chi connectivity index (χ1) is 36.1. The van der Waals surface area contributed by atoms with Crippen LogP contribution >= 0.6 is 0 Å². The average molecular weight is 1060 g/mol. The Morgan fingerprint density at radius 2 is 1.52 bits per heavy atom. The Kier molecular flexibility index (Phi) is 31.2. The van der Waals surface area contributed by atoms with Crippen LogP contribution in [0.2, 0.25) is 0 Å².